The van der Waals surface area contributed by atoms with Crippen LogP contribution in [0.1, 0.15) is 13.3 Å². The van der Waals surface area contributed by atoms with E-state index in [4.69, 9.17) is 11.6 Å². The molecule has 0 aliphatic rings. The van der Waals surface area contributed by atoms with E-state index in [-0.39, 0.29) is 5.91 Å². The van der Waals surface area contributed by atoms with Crippen LogP contribution in [0, 0.1) is 0 Å². The molecule has 4 heteroatoms. The van der Waals surface area contributed by atoms with Gasteiger partial charge in [-0.3, -0.25) is 4.79 Å². The van der Waals surface area contributed by atoms with E-state index in [1.165, 1.54) is 0 Å². The van der Waals surface area contributed by atoms with Crippen molar-refractivity contribution in [2.75, 3.05) is 11.9 Å². The number of nitrogens with zero attached hydrogens (tertiary/aromatic N) is 1. The van der Waals surface area contributed by atoms with Crippen molar-refractivity contribution in [2.24, 2.45) is 0 Å². The lowest BCUT2D eigenvalue weighted by Crippen LogP contribution is -2.25. The van der Waals surface area contributed by atoms with Crippen molar-refractivity contribution in [1.82, 2.24) is 0 Å². The fraction of sp³-hybridized carbons (Fsp3) is 0.300. The van der Waals surface area contributed by atoms with Gasteiger partial charge in [0.25, 0.3) is 0 Å². The molecule has 0 aromatic heterocycles. The molecule has 0 N–H and O–H groups in total. The van der Waals surface area contributed by atoms with Crippen LogP contribution in [0.4, 0.5) is 5.69 Å². The molecule has 0 fully saturated rings. The fourth-order valence-electron chi connectivity index (χ4n) is 1.12. The van der Waals surface area contributed by atoms with Crippen LogP contribution >= 0.6 is 27.5 Å². The van der Waals surface area contributed by atoms with Crippen molar-refractivity contribution < 1.29 is 4.79 Å². The second-order valence-electron chi connectivity index (χ2n) is 2.90. The standard InChI is InChI=1S/C10H11BrClNO/c1-3-10(14)13(2)9-5-4-7(11)6-8(9)12/h4-6H,3H2,1-2H3. The van der Waals surface area contributed by atoms with Gasteiger partial charge in [0.2, 0.25) is 5.91 Å². The normalized spacial score (nSPS) is 10.0. The number of hydrogen-bond acceptors (Lipinski definition) is 1. The van der Waals surface area contributed by atoms with Gasteiger partial charge in [-0.2, -0.15) is 0 Å². The molecule has 0 atom stereocenters. The minimum atomic E-state index is 0.0502. The van der Waals surface area contributed by atoms with E-state index in [1.807, 2.05) is 19.1 Å². The molecule has 0 aliphatic carbocycles. The molecule has 2 nitrogen and oxygen atoms in total. The zero-order valence-electron chi connectivity index (χ0n) is 8.05. The Hall–Kier alpha value is -0.540. The van der Waals surface area contributed by atoms with Gasteiger partial charge in [0.1, 0.15) is 0 Å². The Morgan fingerprint density at radius 1 is 1.57 bits per heavy atom. The highest BCUT2D eigenvalue weighted by atomic mass is 79.9. The summed E-state index contributed by atoms with van der Waals surface area (Å²) in [7, 11) is 1.72. The van der Waals surface area contributed by atoms with Crippen LogP contribution in [-0.4, -0.2) is 13.0 Å². The van der Waals surface area contributed by atoms with Gasteiger partial charge in [-0.05, 0) is 18.2 Å². The van der Waals surface area contributed by atoms with Gasteiger partial charge in [0.05, 0.1) is 10.7 Å². The molecule has 0 spiro atoms. The predicted octanol–water partition coefficient (Wildman–Crippen LogP) is 3.48. The van der Waals surface area contributed by atoms with Crippen LogP contribution in [0.25, 0.3) is 0 Å². The smallest absolute Gasteiger partial charge is 0.226 e. The molecule has 1 aromatic carbocycles. The van der Waals surface area contributed by atoms with Crippen LogP contribution in [0.15, 0.2) is 22.7 Å². The Kier molecular flexibility index (Phi) is 3.96. The summed E-state index contributed by atoms with van der Waals surface area (Å²) in [5, 5.41) is 0.573. The molecule has 0 bridgehead atoms. The molecular weight excluding hydrogens is 265 g/mol. The number of amides is 1. The molecule has 1 amide bonds. The molecule has 1 aromatic rings. The topological polar surface area (TPSA) is 20.3 Å². The first kappa shape index (κ1) is 11.5. The molecule has 0 saturated carbocycles. The van der Waals surface area contributed by atoms with E-state index in [1.54, 1.807) is 18.0 Å². The van der Waals surface area contributed by atoms with E-state index in [0.29, 0.717) is 11.4 Å². The lowest BCUT2D eigenvalue weighted by molar-refractivity contribution is -0.118. The van der Waals surface area contributed by atoms with Gasteiger partial charge in [-0.25, -0.2) is 0 Å². The molecule has 1 rings (SSSR count). The van der Waals surface area contributed by atoms with E-state index >= 15 is 0 Å². The first-order valence-corrected chi connectivity index (χ1v) is 5.45. The second kappa shape index (κ2) is 4.80. The van der Waals surface area contributed by atoms with Crippen molar-refractivity contribution in [3.63, 3.8) is 0 Å². The summed E-state index contributed by atoms with van der Waals surface area (Å²) in [5.74, 6) is 0.0502. The Morgan fingerprint density at radius 3 is 2.71 bits per heavy atom. The van der Waals surface area contributed by atoms with E-state index in [0.717, 1.165) is 10.2 Å². The van der Waals surface area contributed by atoms with Gasteiger partial charge in [0, 0.05) is 17.9 Å². The van der Waals surface area contributed by atoms with Gasteiger partial charge >= 0.3 is 0 Å². The van der Waals surface area contributed by atoms with E-state index < -0.39 is 0 Å². The maximum absolute atomic E-state index is 11.4. The van der Waals surface area contributed by atoms with Crippen molar-refractivity contribution >= 4 is 39.1 Å². The Bertz CT molecular complexity index is 354. The van der Waals surface area contributed by atoms with E-state index in [9.17, 15) is 4.79 Å². The SMILES string of the molecule is CCC(=O)N(C)c1ccc(Br)cc1Cl. The lowest BCUT2D eigenvalue weighted by Gasteiger charge is -2.17. The Morgan fingerprint density at radius 2 is 2.21 bits per heavy atom. The Balaban J connectivity index is 3.01. The average molecular weight is 277 g/mol. The van der Waals surface area contributed by atoms with Crippen LogP contribution in [-0.2, 0) is 4.79 Å². The van der Waals surface area contributed by atoms with Gasteiger partial charge < -0.3 is 4.90 Å². The number of halogens is 2. The summed E-state index contributed by atoms with van der Waals surface area (Å²) >= 11 is 9.31. The number of benzene rings is 1. The molecule has 0 unspecified atom stereocenters. The van der Waals surface area contributed by atoms with Crippen LogP contribution in [0.3, 0.4) is 0 Å². The number of anilines is 1. The molecule has 0 aliphatic heterocycles. The highest BCUT2D eigenvalue weighted by Crippen LogP contribution is 2.28. The summed E-state index contributed by atoms with van der Waals surface area (Å²) in [6.45, 7) is 1.82. The molecule has 0 saturated heterocycles. The van der Waals surface area contributed by atoms with Crippen LogP contribution < -0.4 is 4.90 Å². The summed E-state index contributed by atoms with van der Waals surface area (Å²) in [5.41, 5.74) is 0.738. The lowest BCUT2D eigenvalue weighted by atomic mass is 10.3. The van der Waals surface area contributed by atoms with Crippen molar-refractivity contribution in [3.8, 4) is 0 Å². The van der Waals surface area contributed by atoms with Crippen molar-refractivity contribution in [1.29, 1.82) is 0 Å². The number of rotatable bonds is 2. The highest BCUT2D eigenvalue weighted by Gasteiger charge is 2.11. The van der Waals surface area contributed by atoms with Gasteiger partial charge in [-0.15, -0.1) is 0 Å². The van der Waals surface area contributed by atoms with Crippen molar-refractivity contribution in [2.45, 2.75) is 13.3 Å². The molecular formula is C10H11BrClNO. The van der Waals surface area contributed by atoms with Gasteiger partial charge in [0.15, 0.2) is 0 Å². The summed E-state index contributed by atoms with van der Waals surface area (Å²) < 4.78 is 0.906. The number of carbonyl (C=O) groups is 1. The maximum atomic E-state index is 11.4. The van der Waals surface area contributed by atoms with E-state index in [2.05, 4.69) is 15.9 Å². The second-order valence-corrected chi connectivity index (χ2v) is 4.22. The monoisotopic (exact) mass is 275 g/mol. The molecule has 0 heterocycles. The minimum absolute atomic E-state index is 0.0502. The highest BCUT2D eigenvalue weighted by molar-refractivity contribution is 9.10. The molecule has 14 heavy (non-hydrogen) atoms. The molecule has 76 valence electrons. The van der Waals surface area contributed by atoms with Crippen LogP contribution in [0.2, 0.25) is 5.02 Å². The predicted molar refractivity (Wildman–Crippen MR) is 62.9 cm³/mol. The third kappa shape index (κ3) is 2.49. The van der Waals surface area contributed by atoms with Crippen LogP contribution in [0.5, 0.6) is 0 Å². The molecule has 0 radical (unpaired) electrons. The maximum Gasteiger partial charge on any atom is 0.226 e. The first-order chi connectivity index (χ1) is 6.56. The number of carbonyl (C=O) groups excluding carboxylic acids is 1. The third-order valence-corrected chi connectivity index (χ3v) is 2.74. The zero-order valence-corrected chi connectivity index (χ0v) is 10.4. The summed E-state index contributed by atoms with van der Waals surface area (Å²) in [6.07, 6.45) is 0.475. The Labute approximate surface area is 97.0 Å². The fourth-order valence-corrected chi connectivity index (χ4v) is 1.92. The third-order valence-electron chi connectivity index (χ3n) is 1.95. The minimum Gasteiger partial charge on any atom is -0.314 e. The largest absolute Gasteiger partial charge is 0.314 e. The van der Waals surface area contributed by atoms with Crippen molar-refractivity contribution in [3.05, 3.63) is 27.7 Å². The quantitative estimate of drug-likeness (QED) is 0.810. The first-order valence-electron chi connectivity index (χ1n) is 4.28. The summed E-state index contributed by atoms with van der Waals surface area (Å²) in [6, 6.07) is 5.46. The average Bonchev–Trinajstić information content (AvgIpc) is 2.15. The van der Waals surface area contributed by atoms with Gasteiger partial charge in [-0.1, -0.05) is 34.5 Å². The zero-order chi connectivity index (χ0) is 10.7. The summed E-state index contributed by atoms with van der Waals surface area (Å²) in [4.78, 5) is 13.0. The number of hydrogen-bond donors (Lipinski definition) is 0.